The number of sulfonamides is 1. The molecule has 0 amide bonds. The van der Waals surface area contributed by atoms with Crippen LogP contribution in [-0.2, 0) is 14.8 Å². The van der Waals surface area contributed by atoms with Gasteiger partial charge < -0.3 is 20.1 Å². The van der Waals surface area contributed by atoms with Crippen LogP contribution >= 0.6 is 0 Å². The number of rotatable bonds is 6. The molecule has 1 fully saturated rings. The zero-order valence-corrected chi connectivity index (χ0v) is 19.0. The van der Waals surface area contributed by atoms with Gasteiger partial charge in [-0.15, -0.1) is 0 Å². The van der Waals surface area contributed by atoms with Crippen LogP contribution in [0.25, 0.3) is 10.9 Å². The summed E-state index contributed by atoms with van der Waals surface area (Å²) in [5, 5.41) is 4.33. The first-order valence-electron chi connectivity index (χ1n) is 10.3. The van der Waals surface area contributed by atoms with Crippen molar-refractivity contribution < 1.29 is 13.2 Å². The first-order chi connectivity index (χ1) is 15.2. The molecule has 1 aliphatic rings. The molecule has 3 N–H and O–H groups in total. The van der Waals surface area contributed by atoms with Gasteiger partial charge in [-0.1, -0.05) is 18.2 Å². The zero-order chi connectivity index (χ0) is 22.9. The number of piperazine rings is 1. The second-order valence-electron chi connectivity index (χ2n) is 8.11. The van der Waals surface area contributed by atoms with Crippen LogP contribution in [0.3, 0.4) is 0 Å². The molecule has 2 aromatic heterocycles. The van der Waals surface area contributed by atoms with Gasteiger partial charge in [0.15, 0.2) is 5.82 Å². The molecule has 1 atom stereocenters. The van der Waals surface area contributed by atoms with E-state index in [0.717, 1.165) is 22.8 Å². The number of aromatic nitrogens is 2. The van der Waals surface area contributed by atoms with Gasteiger partial charge in [-0.05, 0) is 38.1 Å². The highest BCUT2D eigenvalue weighted by Gasteiger charge is 2.35. The molecule has 0 spiro atoms. The lowest BCUT2D eigenvalue weighted by molar-refractivity contribution is 0.506. The molecule has 9 nitrogen and oxygen atoms in total. The number of para-hydroxylation sites is 1. The van der Waals surface area contributed by atoms with E-state index >= 15 is 0 Å². The second kappa shape index (κ2) is 8.66. The summed E-state index contributed by atoms with van der Waals surface area (Å²) in [6.45, 7) is 4.35. The standard InChI is InChI=1S/C22H26N6O3S/c1-15(2)24-19-9-6-10-23-22(19)27-13-21(26-32(3,30)31)28(12-17(27)14-29)20-11-16-7-4-5-8-18(16)25-20/h4-11,15,21,24-26H,12-13H2,1-3H3. The molecule has 1 aliphatic heterocycles. The average Bonchev–Trinajstić information content (AvgIpc) is 3.16. The molecule has 32 heavy (non-hydrogen) atoms. The maximum absolute atomic E-state index is 12.2. The third-order valence-electron chi connectivity index (χ3n) is 5.16. The predicted molar refractivity (Wildman–Crippen MR) is 127 cm³/mol. The number of H-pyrrole nitrogens is 1. The summed E-state index contributed by atoms with van der Waals surface area (Å²) >= 11 is 0. The van der Waals surface area contributed by atoms with Crippen LogP contribution in [0.1, 0.15) is 13.8 Å². The maximum Gasteiger partial charge on any atom is 0.210 e. The summed E-state index contributed by atoms with van der Waals surface area (Å²) in [4.78, 5) is 23.3. The summed E-state index contributed by atoms with van der Waals surface area (Å²) in [5.74, 6) is 3.30. The number of hydrogen-bond donors (Lipinski definition) is 3. The third-order valence-corrected chi connectivity index (χ3v) is 5.86. The highest BCUT2D eigenvalue weighted by Crippen LogP contribution is 2.32. The van der Waals surface area contributed by atoms with Gasteiger partial charge in [-0.2, -0.15) is 4.72 Å². The first-order valence-corrected chi connectivity index (χ1v) is 12.2. The molecule has 1 aromatic carbocycles. The van der Waals surface area contributed by atoms with Gasteiger partial charge in [0.2, 0.25) is 10.0 Å². The van der Waals surface area contributed by atoms with Gasteiger partial charge in [0.25, 0.3) is 0 Å². The van der Waals surface area contributed by atoms with E-state index in [0.29, 0.717) is 17.3 Å². The molecule has 0 saturated carbocycles. The Kier molecular flexibility index (Phi) is 5.92. The Labute approximate surface area is 187 Å². The van der Waals surface area contributed by atoms with Crippen LogP contribution in [0.2, 0.25) is 0 Å². The number of hydrogen-bond acceptors (Lipinski definition) is 7. The van der Waals surface area contributed by atoms with E-state index in [9.17, 15) is 13.2 Å². The van der Waals surface area contributed by atoms with Crippen LogP contribution in [0, 0.1) is 0 Å². The monoisotopic (exact) mass is 454 g/mol. The number of aromatic amines is 1. The fourth-order valence-corrected chi connectivity index (χ4v) is 4.59. The van der Waals surface area contributed by atoms with Crippen LogP contribution in [0.5, 0.6) is 0 Å². The minimum Gasteiger partial charge on any atom is -0.380 e. The average molecular weight is 455 g/mol. The van der Waals surface area contributed by atoms with E-state index in [1.165, 1.54) is 0 Å². The molecular formula is C22H26N6O3S. The van der Waals surface area contributed by atoms with E-state index in [4.69, 9.17) is 0 Å². The number of carbonyl (C=O) groups excluding carboxylic acids is 1. The smallest absolute Gasteiger partial charge is 0.210 e. The van der Waals surface area contributed by atoms with Crippen LogP contribution in [0.15, 0.2) is 54.4 Å². The van der Waals surface area contributed by atoms with E-state index in [1.807, 2.05) is 67.2 Å². The lowest BCUT2D eigenvalue weighted by Crippen LogP contribution is -2.60. The molecule has 168 valence electrons. The van der Waals surface area contributed by atoms with Gasteiger partial charge in [-0.3, -0.25) is 0 Å². The van der Waals surface area contributed by atoms with E-state index in [-0.39, 0.29) is 19.1 Å². The summed E-state index contributed by atoms with van der Waals surface area (Å²) < 4.78 is 27.1. The minimum atomic E-state index is -3.53. The molecule has 3 heterocycles. The van der Waals surface area contributed by atoms with Crippen molar-refractivity contribution >= 4 is 44.2 Å². The molecule has 0 radical (unpaired) electrons. The summed E-state index contributed by atoms with van der Waals surface area (Å²) in [6.07, 6.45) is 2.13. The molecule has 0 aliphatic carbocycles. The Morgan fingerprint density at radius 3 is 2.69 bits per heavy atom. The molecule has 10 heteroatoms. The van der Waals surface area contributed by atoms with Crippen molar-refractivity contribution in [3.05, 3.63) is 54.4 Å². The SMILES string of the molecule is CC(C)Nc1cccnc1N1CC(NS(C)(=O)=O)N(c2cc3ccccc3[nH]2)CC1=C=O. The van der Waals surface area contributed by atoms with E-state index < -0.39 is 16.2 Å². The number of nitrogens with one attached hydrogen (secondary N) is 3. The lowest BCUT2D eigenvalue weighted by Gasteiger charge is -2.42. The molecule has 1 saturated heterocycles. The van der Waals surface area contributed by atoms with Crippen molar-refractivity contribution in [1.82, 2.24) is 14.7 Å². The molecule has 3 aromatic rings. The first kappa shape index (κ1) is 21.9. The van der Waals surface area contributed by atoms with Crippen molar-refractivity contribution in [3.63, 3.8) is 0 Å². The Morgan fingerprint density at radius 2 is 2.00 bits per heavy atom. The van der Waals surface area contributed by atoms with Crippen LogP contribution in [0.4, 0.5) is 17.3 Å². The second-order valence-corrected chi connectivity index (χ2v) is 9.89. The molecule has 0 bridgehead atoms. The number of nitrogens with zero attached hydrogens (tertiary/aromatic N) is 3. The molecule has 1 unspecified atom stereocenters. The number of benzene rings is 1. The summed E-state index contributed by atoms with van der Waals surface area (Å²) in [6, 6.07) is 13.6. The summed E-state index contributed by atoms with van der Waals surface area (Å²) in [7, 11) is -3.53. The van der Waals surface area contributed by atoms with Gasteiger partial charge in [0.05, 0.1) is 25.0 Å². The Balaban J connectivity index is 1.75. The van der Waals surface area contributed by atoms with Crippen LogP contribution in [-0.4, -0.2) is 55.9 Å². The predicted octanol–water partition coefficient (Wildman–Crippen LogP) is 2.30. The van der Waals surface area contributed by atoms with Crippen molar-refractivity contribution in [2.75, 3.05) is 34.5 Å². The van der Waals surface area contributed by atoms with Gasteiger partial charge in [0, 0.05) is 23.1 Å². The normalized spacial score (nSPS) is 17.1. The summed E-state index contributed by atoms with van der Waals surface area (Å²) in [5.41, 5.74) is 2.04. The molecule has 4 rings (SSSR count). The highest BCUT2D eigenvalue weighted by molar-refractivity contribution is 7.88. The fraction of sp³-hybridized carbons (Fsp3) is 0.318. The van der Waals surface area contributed by atoms with E-state index in [1.54, 1.807) is 11.1 Å². The Morgan fingerprint density at radius 1 is 1.22 bits per heavy atom. The molecular weight excluding hydrogens is 428 g/mol. The lowest BCUT2D eigenvalue weighted by atomic mass is 10.2. The largest absolute Gasteiger partial charge is 0.380 e. The van der Waals surface area contributed by atoms with Gasteiger partial charge in [-0.25, -0.2) is 18.2 Å². The van der Waals surface area contributed by atoms with Crippen LogP contribution < -0.4 is 19.8 Å². The number of fused-ring (bicyclic) bond motifs is 1. The van der Waals surface area contributed by atoms with Crippen molar-refractivity contribution in [2.24, 2.45) is 0 Å². The van der Waals surface area contributed by atoms with Gasteiger partial charge in [0.1, 0.15) is 23.6 Å². The number of anilines is 3. The van der Waals surface area contributed by atoms with Gasteiger partial charge >= 0.3 is 0 Å². The van der Waals surface area contributed by atoms with Crippen molar-refractivity contribution in [2.45, 2.75) is 26.1 Å². The minimum absolute atomic E-state index is 0.152. The maximum atomic E-state index is 12.2. The van der Waals surface area contributed by atoms with Crippen molar-refractivity contribution in [1.29, 1.82) is 0 Å². The Hall–Kier alpha value is -3.33. The highest BCUT2D eigenvalue weighted by atomic mass is 32.2. The topological polar surface area (TPSA) is 110 Å². The number of pyridine rings is 1. The van der Waals surface area contributed by atoms with E-state index in [2.05, 4.69) is 20.0 Å². The fourth-order valence-electron chi connectivity index (χ4n) is 3.89. The quantitative estimate of drug-likeness (QED) is 0.490. The zero-order valence-electron chi connectivity index (χ0n) is 18.2. The van der Waals surface area contributed by atoms with Crippen molar-refractivity contribution in [3.8, 4) is 0 Å². The Bertz CT molecular complexity index is 1250. The third kappa shape index (κ3) is 4.62.